The second-order valence-electron chi connectivity index (χ2n) is 22.0. The van der Waals surface area contributed by atoms with Gasteiger partial charge in [-0.3, -0.25) is 0 Å². The Bertz CT molecular complexity index is 3070. The summed E-state index contributed by atoms with van der Waals surface area (Å²) in [6, 6.07) is 53.0. The Hall–Kier alpha value is -6.00. The van der Waals surface area contributed by atoms with Gasteiger partial charge in [-0.15, -0.1) is 0 Å². The Morgan fingerprint density at radius 2 is 0.887 bits per heavy atom. The average Bonchev–Trinajstić information content (AvgIpc) is 3.60. The molecule has 0 bridgehead atoms. The Morgan fingerprint density at radius 3 is 1.47 bits per heavy atom. The van der Waals surface area contributed by atoms with Crippen molar-refractivity contribution in [3.05, 3.63) is 162 Å². The van der Waals surface area contributed by atoms with E-state index >= 15 is 0 Å². The second kappa shape index (κ2) is 13.8. The molecule has 0 spiro atoms. The van der Waals surface area contributed by atoms with Gasteiger partial charge in [-0.2, -0.15) is 0 Å². The molecular weight excluding hydrogens is 751 g/mol. The van der Waals surface area contributed by atoms with E-state index in [0.717, 1.165) is 38.8 Å². The van der Waals surface area contributed by atoms with E-state index in [-0.39, 0.29) is 28.4 Å². The molecule has 3 nitrogen and oxygen atoms in total. The number of anilines is 6. The molecule has 0 fully saturated rings. The molecule has 3 heterocycles. The molecule has 0 aliphatic carbocycles. The summed E-state index contributed by atoms with van der Waals surface area (Å²) in [6.45, 7) is 28.0. The number of nitrogens with zero attached hydrogens (tertiary/aromatic N) is 2. The number of hydrogen-bond donors (Lipinski definition) is 0. The minimum atomic E-state index is -0.106. The van der Waals surface area contributed by atoms with E-state index in [0.29, 0.717) is 0 Å². The number of para-hydroxylation sites is 1. The van der Waals surface area contributed by atoms with Crippen molar-refractivity contribution in [2.45, 2.75) is 105 Å². The second-order valence-corrected chi connectivity index (χ2v) is 22.0. The fourth-order valence-electron chi connectivity index (χ4n) is 9.77. The monoisotopic (exact) mass is 810 g/mol. The van der Waals surface area contributed by atoms with E-state index in [1.54, 1.807) is 0 Å². The zero-order chi connectivity index (χ0) is 43.7. The van der Waals surface area contributed by atoms with Gasteiger partial charge >= 0.3 is 0 Å². The predicted octanol–water partition coefficient (Wildman–Crippen LogP) is 14.5. The van der Waals surface area contributed by atoms with Gasteiger partial charge in [0, 0.05) is 44.9 Å². The molecule has 2 aliphatic heterocycles. The van der Waals surface area contributed by atoms with Crippen molar-refractivity contribution in [2.75, 3.05) is 9.80 Å². The Balaban J connectivity index is 1.26. The van der Waals surface area contributed by atoms with Crippen LogP contribution in [-0.4, -0.2) is 6.71 Å². The van der Waals surface area contributed by atoms with Crippen molar-refractivity contribution >= 4 is 79.2 Å². The van der Waals surface area contributed by atoms with Crippen LogP contribution in [0.5, 0.6) is 0 Å². The summed E-state index contributed by atoms with van der Waals surface area (Å²) in [4.78, 5) is 5.13. The number of furan rings is 1. The zero-order valence-corrected chi connectivity index (χ0v) is 38.7. The topological polar surface area (TPSA) is 19.6 Å². The Labute approximate surface area is 369 Å². The summed E-state index contributed by atoms with van der Waals surface area (Å²) in [6.07, 6.45) is 0. The molecule has 1 aromatic heterocycles. The fraction of sp³-hybridized carbons (Fsp3) is 0.276. The Morgan fingerprint density at radius 1 is 0.371 bits per heavy atom. The predicted molar refractivity (Wildman–Crippen MR) is 268 cm³/mol. The minimum Gasteiger partial charge on any atom is -0.456 e. The van der Waals surface area contributed by atoms with Gasteiger partial charge in [0.25, 0.3) is 6.71 Å². The molecule has 310 valence electrons. The van der Waals surface area contributed by atoms with Crippen molar-refractivity contribution in [3.63, 3.8) is 0 Å². The van der Waals surface area contributed by atoms with Gasteiger partial charge in [0.2, 0.25) is 0 Å². The van der Waals surface area contributed by atoms with Gasteiger partial charge < -0.3 is 14.2 Å². The van der Waals surface area contributed by atoms with Crippen molar-refractivity contribution < 1.29 is 4.42 Å². The molecule has 0 amide bonds. The molecular formula is C58H59BN2O. The lowest BCUT2D eigenvalue weighted by molar-refractivity contribution is 0.589. The summed E-state index contributed by atoms with van der Waals surface area (Å²) in [7, 11) is 0. The maximum atomic E-state index is 6.39. The van der Waals surface area contributed by atoms with Gasteiger partial charge in [0.1, 0.15) is 11.2 Å². The lowest BCUT2D eigenvalue weighted by Gasteiger charge is -2.45. The average molecular weight is 811 g/mol. The molecule has 0 radical (unpaired) electrons. The number of benzene rings is 7. The van der Waals surface area contributed by atoms with Crippen LogP contribution in [0.15, 0.2) is 144 Å². The van der Waals surface area contributed by atoms with E-state index in [2.05, 4.69) is 226 Å². The molecule has 0 unspecified atom stereocenters. The normalized spacial score (nSPS) is 14.0. The quantitative estimate of drug-likeness (QED) is 0.166. The first kappa shape index (κ1) is 40.1. The summed E-state index contributed by atoms with van der Waals surface area (Å²) >= 11 is 0. The lowest BCUT2D eigenvalue weighted by atomic mass is 9.33. The third-order valence-electron chi connectivity index (χ3n) is 13.5. The molecule has 2 aliphatic rings. The highest BCUT2D eigenvalue weighted by molar-refractivity contribution is 7.00. The van der Waals surface area contributed by atoms with E-state index < -0.39 is 0 Å². The first-order chi connectivity index (χ1) is 29.3. The number of fused-ring (bicyclic) bond motifs is 7. The molecule has 0 saturated carbocycles. The van der Waals surface area contributed by atoms with E-state index in [1.165, 1.54) is 67.1 Å². The van der Waals surface area contributed by atoms with Crippen molar-refractivity contribution in [2.24, 2.45) is 0 Å². The zero-order valence-electron chi connectivity index (χ0n) is 38.7. The van der Waals surface area contributed by atoms with E-state index in [4.69, 9.17) is 4.42 Å². The number of rotatable bonds is 3. The van der Waals surface area contributed by atoms with Crippen LogP contribution in [0, 0.1) is 0 Å². The SMILES string of the molecule is CC(C)(C)c1ccc(N2c3ccc(C(C)(C)C)cc3B3c4cc(C(C)(C)C)ccc4N(c4cccc(-c5ccc6c(c5)oc5ccccc56)c4)c4cc(C(C)(C)C)cc2c43)cc1. The van der Waals surface area contributed by atoms with Crippen LogP contribution >= 0.6 is 0 Å². The van der Waals surface area contributed by atoms with E-state index in [1.807, 2.05) is 6.07 Å². The van der Waals surface area contributed by atoms with Gasteiger partial charge in [-0.25, -0.2) is 0 Å². The molecule has 7 aromatic carbocycles. The molecule has 10 rings (SSSR count). The standard InChI is InChI=1S/C58H59BN2O/c1-55(2,3)38-21-25-42(26-22-38)60-48-28-23-39(56(4,5)6)32-46(48)59-47-33-40(57(7,8)9)24-29-49(47)61(51-35-41(58(10,11)12)34-50(60)54(51)59)43-17-15-16-36(30-43)37-20-27-45-44-18-13-14-19-52(44)62-53(45)31-37/h13-35H,1-12H3. The molecule has 8 aromatic rings. The fourth-order valence-corrected chi connectivity index (χ4v) is 9.77. The van der Waals surface area contributed by atoms with Crippen molar-refractivity contribution in [1.29, 1.82) is 0 Å². The maximum Gasteiger partial charge on any atom is 0.252 e. The smallest absolute Gasteiger partial charge is 0.252 e. The van der Waals surface area contributed by atoms with Crippen molar-refractivity contribution in [1.82, 2.24) is 0 Å². The largest absolute Gasteiger partial charge is 0.456 e. The summed E-state index contributed by atoms with van der Waals surface area (Å²) in [5, 5.41) is 2.29. The van der Waals surface area contributed by atoms with Gasteiger partial charge in [0.15, 0.2) is 0 Å². The summed E-state index contributed by atoms with van der Waals surface area (Å²) in [5.74, 6) is 0. The van der Waals surface area contributed by atoms with Crippen LogP contribution in [0.3, 0.4) is 0 Å². The van der Waals surface area contributed by atoms with Crippen molar-refractivity contribution in [3.8, 4) is 11.1 Å². The molecule has 0 saturated heterocycles. The maximum absolute atomic E-state index is 6.39. The Kier molecular flexibility index (Phi) is 8.89. The molecule has 4 heteroatoms. The van der Waals surface area contributed by atoms with Gasteiger partial charge in [-0.1, -0.05) is 156 Å². The van der Waals surface area contributed by atoms with Crippen LogP contribution < -0.4 is 26.2 Å². The number of hydrogen-bond acceptors (Lipinski definition) is 3. The van der Waals surface area contributed by atoms with Gasteiger partial charge in [-0.05, 0) is 138 Å². The van der Waals surface area contributed by atoms with Gasteiger partial charge in [0.05, 0.1) is 0 Å². The van der Waals surface area contributed by atoms with E-state index in [9.17, 15) is 0 Å². The van der Waals surface area contributed by atoms with Crippen LogP contribution in [-0.2, 0) is 21.7 Å². The summed E-state index contributed by atoms with van der Waals surface area (Å²) in [5.41, 5.74) is 20.7. The van der Waals surface area contributed by atoms with Crippen LogP contribution in [0.2, 0.25) is 0 Å². The highest BCUT2D eigenvalue weighted by atomic mass is 16.3. The van der Waals surface area contributed by atoms with Crippen LogP contribution in [0.1, 0.15) is 105 Å². The molecule has 0 N–H and O–H groups in total. The molecule has 0 atom stereocenters. The van der Waals surface area contributed by atoms with Crippen LogP contribution in [0.25, 0.3) is 33.1 Å². The third-order valence-corrected chi connectivity index (χ3v) is 13.5. The highest BCUT2D eigenvalue weighted by Gasteiger charge is 2.45. The highest BCUT2D eigenvalue weighted by Crippen LogP contribution is 2.48. The summed E-state index contributed by atoms with van der Waals surface area (Å²) < 4.78 is 6.39. The minimum absolute atomic E-state index is 0.0178. The first-order valence-corrected chi connectivity index (χ1v) is 22.5. The first-order valence-electron chi connectivity index (χ1n) is 22.5. The van der Waals surface area contributed by atoms with Crippen LogP contribution in [0.4, 0.5) is 34.1 Å². The lowest BCUT2D eigenvalue weighted by Crippen LogP contribution is -2.61. The third kappa shape index (κ3) is 6.57. The molecule has 62 heavy (non-hydrogen) atoms.